The number of methoxy groups -OCH3 is 3. The normalized spacial score (nSPS) is 13.8. The minimum Gasteiger partial charge on any atom is -0.493 e. The maximum atomic E-state index is 12.6. The van der Waals surface area contributed by atoms with Crippen molar-refractivity contribution in [2.24, 2.45) is 0 Å². The van der Waals surface area contributed by atoms with Gasteiger partial charge in [-0.2, -0.15) is 0 Å². The predicted molar refractivity (Wildman–Crippen MR) is 104 cm³/mol. The van der Waals surface area contributed by atoms with Gasteiger partial charge in [0, 0.05) is 30.9 Å². The van der Waals surface area contributed by atoms with Gasteiger partial charge in [-0.15, -0.1) is 0 Å². The first-order chi connectivity index (χ1) is 13.2. The molecule has 0 saturated carbocycles. The number of nitrogens with one attached hydrogen (secondary N) is 1. The van der Waals surface area contributed by atoms with Gasteiger partial charge in [-0.1, -0.05) is 0 Å². The number of aromatic nitrogens is 1. The minimum atomic E-state index is -0.297. The zero-order valence-corrected chi connectivity index (χ0v) is 15.9. The number of hydrogen-bond acceptors (Lipinski definition) is 6. The van der Waals surface area contributed by atoms with Gasteiger partial charge in [-0.25, -0.2) is 4.98 Å². The molecule has 1 N–H and O–H groups in total. The average molecular weight is 371 g/mol. The molecule has 7 nitrogen and oxygen atoms in total. The zero-order valence-electron chi connectivity index (χ0n) is 15.9. The van der Waals surface area contributed by atoms with E-state index in [4.69, 9.17) is 14.2 Å². The van der Waals surface area contributed by atoms with Gasteiger partial charge in [0.05, 0.1) is 33.2 Å². The second-order valence-corrected chi connectivity index (χ2v) is 6.32. The Hall–Kier alpha value is -2.96. The molecule has 1 fully saturated rings. The van der Waals surface area contributed by atoms with Gasteiger partial charge in [-0.3, -0.25) is 4.79 Å². The monoisotopic (exact) mass is 371 g/mol. The van der Waals surface area contributed by atoms with E-state index in [1.807, 2.05) is 6.07 Å². The van der Waals surface area contributed by atoms with Crippen molar-refractivity contribution in [3.63, 3.8) is 0 Å². The summed E-state index contributed by atoms with van der Waals surface area (Å²) < 4.78 is 15.9. The molecule has 1 aliphatic heterocycles. The van der Waals surface area contributed by atoms with Crippen molar-refractivity contribution < 1.29 is 19.0 Å². The van der Waals surface area contributed by atoms with Crippen molar-refractivity contribution >= 4 is 17.3 Å². The van der Waals surface area contributed by atoms with Gasteiger partial charge in [0.1, 0.15) is 5.69 Å². The Morgan fingerprint density at radius 3 is 2.19 bits per heavy atom. The predicted octanol–water partition coefficient (Wildman–Crippen LogP) is 3.35. The molecule has 1 aromatic heterocycles. The fourth-order valence-corrected chi connectivity index (χ4v) is 3.21. The second-order valence-electron chi connectivity index (χ2n) is 6.32. The molecule has 0 unspecified atom stereocenters. The van der Waals surface area contributed by atoms with Gasteiger partial charge in [0.2, 0.25) is 5.75 Å². The lowest BCUT2D eigenvalue weighted by molar-refractivity contribution is 0.102. The fourth-order valence-electron chi connectivity index (χ4n) is 3.21. The summed E-state index contributed by atoms with van der Waals surface area (Å²) in [6.45, 7) is 2.08. The molecule has 0 spiro atoms. The summed E-state index contributed by atoms with van der Waals surface area (Å²) >= 11 is 0. The number of piperidine rings is 1. The van der Waals surface area contributed by atoms with E-state index in [0.29, 0.717) is 28.6 Å². The highest BCUT2D eigenvalue weighted by atomic mass is 16.5. The quantitative estimate of drug-likeness (QED) is 0.840. The highest BCUT2D eigenvalue weighted by molar-refractivity contribution is 6.03. The highest BCUT2D eigenvalue weighted by Gasteiger charge is 2.16. The Kier molecular flexibility index (Phi) is 6.01. The van der Waals surface area contributed by atoms with E-state index in [1.165, 1.54) is 40.6 Å². The van der Waals surface area contributed by atoms with Crippen LogP contribution in [0.3, 0.4) is 0 Å². The third-order valence-corrected chi connectivity index (χ3v) is 4.62. The summed E-state index contributed by atoms with van der Waals surface area (Å²) in [6.07, 6.45) is 5.43. The smallest absolute Gasteiger partial charge is 0.274 e. The van der Waals surface area contributed by atoms with E-state index in [9.17, 15) is 4.79 Å². The van der Waals surface area contributed by atoms with Crippen molar-refractivity contribution in [3.8, 4) is 17.2 Å². The van der Waals surface area contributed by atoms with Crippen LogP contribution in [0.25, 0.3) is 0 Å². The SMILES string of the molecule is COc1cc(NC(=O)c2ccc(N3CCCCC3)cn2)cc(OC)c1OC. The van der Waals surface area contributed by atoms with Crippen molar-refractivity contribution in [1.29, 1.82) is 0 Å². The summed E-state index contributed by atoms with van der Waals surface area (Å²) in [5.74, 6) is 1.12. The summed E-state index contributed by atoms with van der Waals surface area (Å²) in [5, 5.41) is 2.83. The van der Waals surface area contributed by atoms with Crippen LogP contribution in [0, 0.1) is 0 Å². The molecule has 1 aliphatic rings. The van der Waals surface area contributed by atoms with Crippen molar-refractivity contribution in [1.82, 2.24) is 4.98 Å². The van der Waals surface area contributed by atoms with Crippen molar-refractivity contribution in [2.45, 2.75) is 19.3 Å². The Labute approximate surface area is 159 Å². The molecule has 0 atom stereocenters. The molecule has 2 heterocycles. The molecule has 1 saturated heterocycles. The van der Waals surface area contributed by atoms with Crippen LogP contribution in [0.5, 0.6) is 17.2 Å². The average Bonchev–Trinajstić information content (AvgIpc) is 2.73. The van der Waals surface area contributed by atoms with E-state index < -0.39 is 0 Å². The number of anilines is 2. The molecule has 0 aliphatic carbocycles. The van der Waals surface area contributed by atoms with Crippen LogP contribution in [-0.4, -0.2) is 45.3 Å². The fraction of sp³-hybridized carbons (Fsp3) is 0.400. The molecule has 0 bridgehead atoms. The number of hydrogen-bond donors (Lipinski definition) is 1. The van der Waals surface area contributed by atoms with Gasteiger partial charge in [0.15, 0.2) is 11.5 Å². The summed E-state index contributed by atoms with van der Waals surface area (Å²) in [5.41, 5.74) is 1.94. The van der Waals surface area contributed by atoms with E-state index >= 15 is 0 Å². The molecule has 144 valence electrons. The van der Waals surface area contributed by atoms with Crippen LogP contribution in [0.1, 0.15) is 29.8 Å². The Bertz CT molecular complexity index is 761. The number of rotatable bonds is 6. The third kappa shape index (κ3) is 4.24. The highest BCUT2D eigenvalue weighted by Crippen LogP contribution is 2.40. The van der Waals surface area contributed by atoms with Gasteiger partial charge in [-0.05, 0) is 31.4 Å². The number of ether oxygens (including phenoxy) is 3. The molecule has 2 aromatic rings. The van der Waals surface area contributed by atoms with Crippen molar-refractivity contribution in [2.75, 3.05) is 44.6 Å². The van der Waals surface area contributed by atoms with Crippen LogP contribution in [0.2, 0.25) is 0 Å². The lowest BCUT2D eigenvalue weighted by atomic mass is 10.1. The summed E-state index contributed by atoms with van der Waals surface area (Å²) in [4.78, 5) is 19.2. The lowest BCUT2D eigenvalue weighted by Gasteiger charge is -2.28. The van der Waals surface area contributed by atoms with E-state index in [1.54, 1.807) is 24.4 Å². The molecular weight excluding hydrogens is 346 g/mol. The molecular formula is C20H25N3O4. The van der Waals surface area contributed by atoms with E-state index in [2.05, 4.69) is 15.2 Å². The Morgan fingerprint density at radius 1 is 1.00 bits per heavy atom. The summed E-state index contributed by atoms with van der Waals surface area (Å²) in [6, 6.07) is 7.06. The molecule has 1 amide bonds. The molecule has 27 heavy (non-hydrogen) atoms. The number of carbonyl (C=O) groups excluding carboxylic acids is 1. The van der Waals surface area contributed by atoms with Crippen LogP contribution >= 0.6 is 0 Å². The maximum Gasteiger partial charge on any atom is 0.274 e. The molecule has 3 rings (SSSR count). The molecule has 7 heteroatoms. The number of pyridine rings is 1. The van der Waals surface area contributed by atoms with Crippen LogP contribution in [0.4, 0.5) is 11.4 Å². The van der Waals surface area contributed by atoms with Gasteiger partial charge >= 0.3 is 0 Å². The van der Waals surface area contributed by atoms with Crippen LogP contribution in [-0.2, 0) is 0 Å². The zero-order chi connectivity index (χ0) is 19.2. The minimum absolute atomic E-state index is 0.297. The second kappa shape index (κ2) is 8.62. The van der Waals surface area contributed by atoms with E-state index in [0.717, 1.165) is 18.8 Å². The lowest BCUT2D eigenvalue weighted by Crippen LogP contribution is -2.29. The Balaban J connectivity index is 1.75. The number of nitrogens with zero attached hydrogens (tertiary/aromatic N) is 2. The van der Waals surface area contributed by atoms with Crippen molar-refractivity contribution in [3.05, 3.63) is 36.2 Å². The number of benzene rings is 1. The topological polar surface area (TPSA) is 72.9 Å². The Morgan fingerprint density at radius 2 is 1.67 bits per heavy atom. The first-order valence-electron chi connectivity index (χ1n) is 8.98. The molecule has 1 aromatic carbocycles. The third-order valence-electron chi connectivity index (χ3n) is 4.62. The largest absolute Gasteiger partial charge is 0.493 e. The van der Waals surface area contributed by atoms with Gasteiger partial charge in [0.25, 0.3) is 5.91 Å². The standard InChI is InChI=1S/C20H25N3O4/c1-25-17-11-14(12-18(26-2)19(17)27-3)22-20(24)16-8-7-15(13-21-16)23-9-5-4-6-10-23/h7-8,11-13H,4-6,9-10H2,1-3H3,(H,22,24). The number of amides is 1. The molecule has 0 radical (unpaired) electrons. The first kappa shape index (κ1) is 18.8. The van der Waals surface area contributed by atoms with Crippen LogP contribution in [0.15, 0.2) is 30.5 Å². The number of carbonyl (C=O) groups is 1. The summed E-state index contributed by atoms with van der Waals surface area (Å²) in [7, 11) is 4.60. The first-order valence-corrected chi connectivity index (χ1v) is 8.98. The van der Waals surface area contributed by atoms with E-state index in [-0.39, 0.29) is 5.91 Å². The van der Waals surface area contributed by atoms with Gasteiger partial charge < -0.3 is 24.4 Å². The van der Waals surface area contributed by atoms with Crippen LogP contribution < -0.4 is 24.4 Å². The maximum absolute atomic E-state index is 12.6.